The summed E-state index contributed by atoms with van der Waals surface area (Å²) >= 11 is 1.29. The van der Waals surface area contributed by atoms with Gasteiger partial charge < -0.3 is 10.1 Å². The molecule has 0 radical (unpaired) electrons. The molecule has 7 nitrogen and oxygen atoms in total. The van der Waals surface area contributed by atoms with Crippen LogP contribution in [0, 0.1) is 6.92 Å². The lowest BCUT2D eigenvalue weighted by atomic mass is 10.0. The standard InChI is InChI=1S/C19H23N3O4S/c1-3-8-15(18(25)14-9-5-4-6-10-14)26-17(24)12-7-11-16(23)20-19-22-21-13(2)27-19/h4-6,9-10,15H,3,7-8,11-12H2,1-2H3,(H,20,22,23)/t15-/m1/s1. The fourth-order valence-electron chi connectivity index (χ4n) is 2.43. The quantitative estimate of drug-likeness (QED) is 0.493. The Morgan fingerprint density at radius 2 is 1.89 bits per heavy atom. The van der Waals surface area contributed by atoms with Gasteiger partial charge in [0, 0.05) is 18.4 Å². The predicted molar refractivity (Wildman–Crippen MR) is 103 cm³/mol. The molecule has 0 unspecified atom stereocenters. The summed E-state index contributed by atoms with van der Waals surface area (Å²) in [7, 11) is 0. The van der Waals surface area contributed by atoms with Gasteiger partial charge in [-0.25, -0.2) is 0 Å². The molecule has 1 aromatic heterocycles. The molecule has 0 aliphatic rings. The van der Waals surface area contributed by atoms with Crippen LogP contribution < -0.4 is 5.32 Å². The highest BCUT2D eigenvalue weighted by molar-refractivity contribution is 7.15. The van der Waals surface area contributed by atoms with E-state index in [9.17, 15) is 14.4 Å². The summed E-state index contributed by atoms with van der Waals surface area (Å²) in [4.78, 5) is 36.4. The summed E-state index contributed by atoms with van der Waals surface area (Å²) in [6.07, 6.45) is 0.976. The van der Waals surface area contributed by atoms with E-state index in [-0.39, 0.29) is 24.5 Å². The molecule has 2 rings (SSSR count). The monoisotopic (exact) mass is 389 g/mol. The number of carbonyl (C=O) groups excluding carboxylic acids is 3. The Labute approximate surface area is 162 Å². The molecule has 0 aliphatic heterocycles. The van der Waals surface area contributed by atoms with Gasteiger partial charge in [-0.3, -0.25) is 14.4 Å². The van der Waals surface area contributed by atoms with Crippen molar-refractivity contribution < 1.29 is 19.1 Å². The third-order valence-corrected chi connectivity index (χ3v) is 4.49. The van der Waals surface area contributed by atoms with E-state index < -0.39 is 12.1 Å². The van der Waals surface area contributed by atoms with Crippen LogP contribution in [0.1, 0.15) is 54.4 Å². The smallest absolute Gasteiger partial charge is 0.306 e. The van der Waals surface area contributed by atoms with Crippen molar-refractivity contribution in [3.05, 3.63) is 40.9 Å². The summed E-state index contributed by atoms with van der Waals surface area (Å²) in [5, 5.41) is 11.5. The number of benzene rings is 1. The van der Waals surface area contributed by atoms with Gasteiger partial charge in [-0.05, 0) is 19.8 Å². The Bertz CT molecular complexity index is 776. The fraction of sp³-hybridized carbons (Fsp3) is 0.421. The maximum Gasteiger partial charge on any atom is 0.306 e. The first-order valence-electron chi connectivity index (χ1n) is 8.88. The lowest BCUT2D eigenvalue weighted by Gasteiger charge is -2.16. The number of esters is 1. The zero-order valence-corrected chi connectivity index (χ0v) is 16.3. The molecule has 0 saturated heterocycles. The first-order valence-corrected chi connectivity index (χ1v) is 9.70. The number of nitrogens with one attached hydrogen (secondary N) is 1. The summed E-state index contributed by atoms with van der Waals surface area (Å²) in [5.74, 6) is -0.906. The van der Waals surface area contributed by atoms with Gasteiger partial charge in [-0.1, -0.05) is 55.0 Å². The van der Waals surface area contributed by atoms with Gasteiger partial charge in [0.15, 0.2) is 6.10 Å². The molecule has 0 saturated carbocycles. The van der Waals surface area contributed by atoms with E-state index in [0.717, 1.165) is 11.4 Å². The Morgan fingerprint density at radius 3 is 2.52 bits per heavy atom. The number of rotatable bonds is 10. The molecule has 1 amide bonds. The molecule has 0 aliphatic carbocycles. The first-order chi connectivity index (χ1) is 13.0. The highest BCUT2D eigenvalue weighted by Crippen LogP contribution is 2.15. The SMILES string of the molecule is CCC[C@@H](OC(=O)CCCC(=O)Nc1nnc(C)s1)C(=O)c1ccccc1. The van der Waals surface area contributed by atoms with Gasteiger partial charge in [-0.15, -0.1) is 10.2 Å². The van der Waals surface area contributed by atoms with Crippen molar-refractivity contribution in [1.29, 1.82) is 0 Å². The lowest BCUT2D eigenvalue weighted by Crippen LogP contribution is -2.27. The molecule has 1 aromatic carbocycles. The number of aryl methyl sites for hydroxylation is 1. The van der Waals surface area contributed by atoms with Gasteiger partial charge in [-0.2, -0.15) is 0 Å². The molecule has 0 spiro atoms. The van der Waals surface area contributed by atoms with Crippen LogP contribution in [-0.4, -0.2) is 34.0 Å². The second-order valence-corrected chi connectivity index (χ2v) is 7.21. The number of ether oxygens (including phenoxy) is 1. The third-order valence-electron chi connectivity index (χ3n) is 3.73. The summed E-state index contributed by atoms with van der Waals surface area (Å²) in [6.45, 7) is 3.73. The Morgan fingerprint density at radius 1 is 1.15 bits per heavy atom. The number of hydrogen-bond donors (Lipinski definition) is 1. The zero-order chi connectivity index (χ0) is 19.6. The molecule has 144 valence electrons. The molecule has 0 fully saturated rings. The number of aromatic nitrogens is 2. The van der Waals surface area contributed by atoms with E-state index in [0.29, 0.717) is 23.5 Å². The van der Waals surface area contributed by atoms with Gasteiger partial charge >= 0.3 is 5.97 Å². The maximum atomic E-state index is 12.5. The maximum absolute atomic E-state index is 12.5. The van der Waals surface area contributed by atoms with E-state index in [1.54, 1.807) is 31.2 Å². The second kappa shape index (κ2) is 10.5. The molecule has 2 aromatic rings. The minimum Gasteiger partial charge on any atom is -0.454 e. The van der Waals surface area contributed by atoms with Gasteiger partial charge in [0.2, 0.25) is 16.8 Å². The number of hydrogen-bond acceptors (Lipinski definition) is 7. The van der Waals surface area contributed by atoms with Crippen LogP contribution in [0.3, 0.4) is 0 Å². The summed E-state index contributed by atoms with van der Waals surface area (Å²) in [5.41, 5.74) is 0.524. The average molecular weight is 389 g/mol. The van der Waals surface area contributed by atoms with Gasteiger partial charge in [0.25, 0.3) is 0 Å². The van der Waals surface area contributed by atoms with E-state index in [1.807, 2.05) is 13.0 Å². The van der Waals surface area contributed by atoms with Crippen LogP contribution in [0.25, 0.3) is 0 Å². The molecule has 8 heteroatoms. The van der Waals surface area contributed by atoms with Crippen molar-refractivity contribution >= 4 is 34.1 Å². The van der Waals surface area contributed by atoms with Gasteiger partial charge in [0.05, 0.1) is 0 Å². The van der Waals surface area contributed by atoms with Crippen LogP contribution in [0.5, 0.6) is 0 Å². The summed E-state index contributed by atoms with van der Waals surface area (Å²) in [6, 6.07) is 8.79. The molecule has 0 bridgehead atoms. The number of carbonyl (C=O) groups is 3. The Kier molecular flexibility index (Phi) is 8.06. The number of anilines is 1. The van der Waals surface area contributed by atoms with Crippen LogP contribution in [-0.2, 0) is 14.3 Å². The van der Waals surface area contributed by atoms with Crippen LogP contribution in [0.4, 0.5) is 5.13 Å². The van der Waals surface area contributed by atoms with Crippen molar-refractivity contribution in [3.63, 3.8) is 0 Å². The fourth-order valence-corrected chi connectivity index (χ4v) is 3.04. The first kappa shape index (κ1) is 20.7. The lowest BCUT2D eigenvalue weighted by molar-refractivity contribution is -0.147. The number of nitrogens with zero attached hydrogens (tertiary/aromatic N) is 2. The average Bonchev–Trinajstić information content (AvgIpc) is 3.06. The predicted octanol–water partition coefficient (Wildman–Crippen LogP) is 3.55. The molecular weight excluding hydrogens is 366 g/mol. The van der Waals surface area contributed by atoms with E-state index in [4.69, 9.17) is 4.74 Å². The highest BCUT2D eigenvalue weighted by Gasteiger charge is 2.23. The van der Waals surface area contributed by atoms with Crippen molar-refractivity contribution in [2.24, 2.45) is 0 Å². The number of amides is 1. The summed E-state index contributed by atoms with van der Waals surface area (Å²) < 4.78 is 5.37. The Balaban J connectivity index is 1.78. The van der Waals surface area contributed by atoms with Crippen LogP contribution >= 0.6 is 11.3 Å². The molecule has 1 N–H and O–H groups in total. The van der Waals surface area contributed by atoms with E-state index in [1.165, 1.54) is 11.3 Å². The molecule has 1 atom stereocenters. The largest absolute Gasteiger partial charge is 0.454 e. The zero-order valence-electron chi connectivity index (χ0n) is 15.4. The van der Waals surface area contributed by atoms with Crippen molar-refractivity contribution in [3.8, 4) is 0 Å². The van der Waals surface area contributed by atoms with Crippen molar-refractivity contribution in [2.75, 3.05) is 5.32 Å². The minimum atomic E-state index is -0.789. The number of ketones is 1. The number of Topliss-reactive ketones (excluding diaryl/α,β-unsaturated/α-hetero) is 1. The second-order valence-electron chi connectivity index (χ2n) is 6.03. The van der Waals surface area contributed by atoms with Crippen molar-refractivity contribution in [2.45, 2.75) is 52.1 Å². The topological polar surface area (TPSA) is 98.2 Å². The Hall–Kier alpha value is -2.61. The third kappa shape index (κ3) is 6.90. The molecule has 1 heterocycles. The van der Waals surface area contributed by atoms with E-state index >= 15 is 0 Å². The molecular formula is C19H23N3O4S. The van der Waals surface area contributed by atoms with Crippen LogP contribution in [0.15, 0.2) is 30.3 Å². The van der Waals surface area contributed by atoms with E-state index in [2.05, 4.69) is 15.5 Å². The van der Waals surface area contributed by atoms with Crippen molar-refractivity contribution in [1.82, 2.24) is 10.2 Å². The molecule has 27 heavy (non-hydrogen) atoms. The van der Waals surface area contributed by atoms with Crippen LogP contribution in [0.2, 0.25) is 0 Å². The van der Waals surface area contributed by atoms with Gasteiger partial charge in [0.1, 0.15) is 5.01 Å². The minimum absolute atomic E-state index is 0.0743. The highest BCUT2D eigenvalue weighted by atomic mass is 32.1. The normalized spacial score (nSPS) is 11.6.